The van der Waals surface area contributed by atoms with E-state index >= 15 is 0 Å². The molecule has 3 heterocycles. The monoisotopic (exact) mass is 414 g/mol. The highest BCUT2D eigenvalue weighted by Gasteiger charge is 2.45. The minimum atomic E-state index is -0.736. The zero-order chi connectivity index (χ0) is 21.5. The van der Waals surface area contributed by atoms with Crippen LogP contribution in [0.3, 0.4) is 0 Å². The van der Waals surface area contributed by atoms with Crippen LogP contribution in [0, 0.1) is 6.92 Å². The maximum atomic E-state index is 13.5. The summed E-state index contributed by atoms with van der Waals surface area (Å²) in [5.74, 6) is 1.00. The number of anilines is 1. The van der Waals surface area contributed by atoms with Crippen molar-refractivity contribution in [2.24, 2.45) is 0 Å². The molecule has 0 spiro atoms. The smallest absolute Gasteiger partial charge is 0.296 e. The molecular formula is C24H18N2O5. The number of rotatable bonds is 5. The Hall–Kier alpha value is -4.13. The predicted molar refractivity (Wildman–Crippen MR) is 115 cm³/mol. The summed E-state index contributed by atoms with van der Waals surface area (Å²) >= 11 is 0. The molecule has 4 aromatic rings. The van der Waals surface area contributed by atoms with E-state index < -0.39 is 11.9 Å². The summed E-state index contributed by atoms with van der Waals surface area (Å²) in [6, 6.07) is 15.0. The Morgan fingerprint density at radius 2 is 2.00 bits per heavy atom. The number of hydrogen-bond acceptors (Lipinski definition) is 6. The summed E-state index contributed by atoms with van der Waals surface area (Å²) in [4.78, 5) is 28.3. The van der Waals surface area contributed by atoms with Gasteiger partial charge >= 0.3 is 0 Å². The van der Waals surface area contributed by atoms with Gasteiger partial charge in [0.1, 0.15) is 23.7 Å². The molecule has 31 heavy (non-hydrogen) atoms. The molecule has 1 aliphatic rings. The Morgan fingerprint density at radius 3 is 2.77 bits per heavy atom. The maximum Gasteiger partial charge on any atom is 0.296 e. The minimum Gasteiger partial charge on any atom is -0.490 e. The number of amides is 1. The van der Waals surface area contributed by atoms with Gasteiger partial charge in [0.15, 0.2) is 11.2 Å². The first-order chi connectivity index (χ1) is 15.1. The SMILES string of the molecule is C=CCOc1cccc(C2c3c(oc4ccccc4c3=O)C(=O)N2c2cc(C)on2)c1. The first-order valence-electron chi connectivity index (χ1n) is 9.74. The summed E-state index contributed by atoms with van der Waals surface area (Å²) in [5, 5.41) is 4.43. The number of ether oxygens (including phenoxy) is 1. The molecule has 0 aliphatic carbocycles. The highest BCUT2D eigenvalue weighted by atomic mass is 16.5. The summed E-state index contributed by atoms with van der Waals surface area (Å²) in [7, 11) is 0. The number of carbonyl (C=O) groups excluding carboxylic acids is 1. The average Bonchev–Trinajstić information content (AvgIpc) is 3.33. The van der Waals surface area contributed by atoms with Gasteiger partial charge in [-0.05, 0) is 36.8 Å². The van der Waals surface area contributed by atoms with Crippen LogP contribution < -0.4 is 15.1 Å². The van der Waals surface area contributed by atoms with Crippen LogP contribution in [0.2, 0.25) is 0 Å². The summed E-state index contributed by atoms with van der Waals surface area (Å²) < 4.78 is 16.8. The van der Waals surface area contributed by atoms with Gasteiger partial charge in [-0.2, -0.15) is 0 Å². The molecule has 0 bridgehead atoms. The lowest BCUT2D eigenvalue weighted by molar-refractivity contribution is 0.0969. The molecule has 2 aromatic heterocycles. The molecular weight excluding hydrogens is 396 g/mol. The van der Waals surface area contributed by atoms with Crippen LogP contribution in [0.15, 0.2) is 81.0 Å². The van der Waals surface area contributed by atoms with Gasteiger partial charge in [0.05, 0.1) is 17.0 Å². The number of fused-ring (bicyclic) bond motifs is 2. The van der Waals surface area contributed by atoms with Gasteiger partial charge in [0.2, 0.25) is 5.76 Å². The Bertz CT molecular complexity index is 1380. The molecule has 7 heteroatoms. The number of para-hydroxylation sites is 1. The molecule has 0 N–H and O–H groups in total. The standard InChI is InChI=1S/C24H18N2O5/c1-3-11-29-16-8-6-7-15(13-16)21-20-22(27)17-9-4-5-10-18(17)30-23(20)24(28)26(21)19-12-14(2)31-25-19/h3-10,12-13,21H,1,11H2,2H3. The van der Waals surface area contributed by atoms with Gasteiger partial charge < -0.3 is 13.7 Å². The topological polar surface area (TPSA) is 85.8 Å². The predicted octanol–water partition coefficient (Wildman–Crippen LogP) is 4.40. The summed E-state index contributed by atoms with van der Waals surface area (Å²) in [5.41, 5.74) is 1.07. The second kappa shape index (κ2) is 7.28. The van der Waals surface area contributed by atoms with Crippen LogP contribution in [0.25, 0.3) is 11.0 Å². The Balaban J connectivity index is 1.76. The Labute approximate surface area is 177 Å². The molecule has 0 radical (unpaired) electrons. The fourth-order valence-corrected chi connectivity index (χ4v) is 3.87. The molecule has 1 aliphatic heterocycles. The third-order valence-electron chi connectivity index (χ3n) is 5.18. The first-order valence-corrected chi connectivity index (χ1v) is 9.74. The van der Waals surface area contributed by atoms with Gasteiger partial charge in [-0.3, -0.25) is 14.5 Å². The van der Waals surface area contributed by atoms with E-state index in [1.165, 1.54) is 4.90 Å². The van der Waals surface area contributed by atoms with E-state index in [9.17, 15) is 9.59 Å². The quantitative estimate of drug-likeness (QED) is 0.450. The molecule has 154 valence electrons. The van der Waals surface area contributed by atoms with E-state index in [0.717, 1.165) is 0 Å². The molecule has 1 unspecified atom stereocenters. The highest BCUT2D eigenvalue weighted by Crippen LogP contribution is 2.41. The summed E-state index contributed by atoms with van der Waals surface area (Å²) in [6.45, 7) is 5.73. The lowest BCUT2D eigenvalue weighted by atomic mass is 9.98. The second-order valence-electron chi connectivity index (χ2n) is 7.22. The lowest BCUT2D eigenvalue weighted by Crippen LogP contribution is -2.29. The Kier molecular flexibility index (Phi) is 4.43. The third kappa shape index (κ3) is 3.02. The van der Waals surface area contributed by atoms with E-state index in [0.29, 0.717) is 40.5 Å². The minimum absolute atomic E-state index is 0.00626. The third-order valence-corrected chi connectivity index (χ3v) is 5.18. The van der Waals surface area contributed by atoms with Gasteiger partial charge in [-0.1, -0.05) is 42.1 Å². The molecule has 2 aromatic carbocycles. The van der Waals surface area contributed by atoms with E-state index in [4.69, 9.17) is 13.7 Å². The van der Waals surface area contributed by atoms with Gasteiger partial charge in [0, 0.05) is 6.07 Å². The number of aromatic nitrogens is 1. The summed E-state index contributed by atoms with van der Waals surface area (Å²) in [6.07, 6.45) is 1.65. The highest BCUT2D eigenvalue weighted by molar-refractivity contribution is 6.10. The zero-order valence-electron chi connectivity index (χ0n) is 16.7. The van der Waals surface area contributed by atoms with Crippen molar-refractivity contribution >= 4 is 22.7 Å². The molecule has 1 atom stereocenters. The van der Waals surface area contributed by atoms with Crippen LogP contribution in [0.5, 0.6) is 5.75 Å². The number of aryl methyl sites for hydroxylation is 1. The van der Waals surface area contributed by atoms with Crippen molar-refractivity contribution < 1.29 is 18.5 Å². The van der Waals surface area contributed by atoms with Crippen molar-refractivity contribution in [3.8, 4) is 5.75 Å². The van der Waals surface area contributed by atoms with Crippen LogP contribution in [-0.4, -0.2) is 17.7 Å². The molecule has 7 nitrogen and oxygen atoms in total. The van der Waals surface area contributed by atoms with Crippen LogP contribution in [0.4, 0.5) is 5.82 Å². The van der Waals surface area contributed by atoms with E-state index in [1.54, 1.807) is 55.5 Å². The first kappa shape index (κ1) is 18.9. The lowest BCUT2D eigenvalue weighted by Gasteiger charge is -2.22. The van der Waals surface area contributed by atoms with Crippen molar-refractivity contribution in [3.63, 3.8) is 0 Å². The van der Waals surface area contributed by atoms with Gasteiger partial charge in [-0.15, -0.1) is 0 Å². The molecule has 5 rings (SSSR count). The van der Waals surface area contributed by atoms with Gasteiger partial charge in [0.25, 0.3) is 5.91 Å². The van der Waals surface area contributed by atoms with Crippen LogP contribution in [0.1, 0.15) is 33.5 Å². The molecule has 0 saturated heterocycles. The average molecular weight is 414 g/mol. The van der Waals surface area contributed by atoms with E-state index in [-0.39, 0.29) is 16.8 Å². The number of benzene rings is 2. The molecule has 0 fully saturated rings. The molecule has 1 amide bonds. The normalized spacial score (nSPS) is 15.3. The van der Waals surface area contributed by atoms with E-state index in [1.807, 2.05) is 12.1 Å². The van der Waals surface area contributed by atoms with Gasteiger partial charge in [-0.25, -0.2) is 0 Å². The van der Waals surface area contributed by atoms with Crippen molar-refractivity contribution in [1.29, 1.82) is 0 Å². The zero-order valence-corrected chi connectivity index (χ0v) is 16.7. The number of hydrogen-bond donors (Lipinski definition) is 0. The molecule has 0 saturated carbocycles. The number of nitrogens with zero attached hydrogens (tertiary/aromatic N) is 2. The van der Waals surface area contributed by atoms with Crippen molar-refractivity contribution in [1.82, 2.24) is 5.16 Å². The largest absolute Gasteiger partial charge is 0.490 e. The van der Waals surface area contributed by atoms with Crippen LogP contribution in [-0.2, 0) is 0 Å². The van der Waals surface area contributed by atoms with Crippen LogP contribution >= 0.6 is 0 Å². The maximum absolute atomic E-state index is 13.5. The fourth-order valence-electron chi connectivity index (χ4n) is 3.87. The second-order valence-corrected chi connectivity index (χ2v) is 7.22. The van der Waals surface area contributed by atoms with Crippen molar-refractivity contribution in [3.05, 3.63) is 100 Å². The van der Waals surface area contributed by atoms with Crippen molar-refractivity contribution in [2.45, 2.75) is 13.0 Å². The number of carbonyl (C=O) groups is 1. The van der Waals surface area contributed by atoms with Crippen molar-refractivity contribution in [2.75, 3.05) is 11.5 Å². The Morgan fingerprint density at radius 1 is 1.16 bits per heavy atom. The fraction of sp³-hybridized carbons (Fsp3) is 0.125. The van der Waals surface area contributed by atoms with E-state index in [2.05, 4.69) is 11.7 Å².